The van der Waals surface area contributed by atoms with Gasteiger partial charge in [-0.05, 0) is 47.9 Å². The van der Waals surface area contributed by atoms with E-state index >= 15 is 0 Å². The van der Waals surface area contributed by atoms with Gasteiger partial charge in [0, 0.05) is 16.8 Å². The number of hydrogen-bond donors (Lipinski definition) is 2. The molecule has 0 aliphatic heterocycles. The molecule has 0 bridgehead atoms. The van der Waals surface area contributed by atoms with Gasteiger partial charge in [-0.2, -0.15) is 0 Å². The molecule has 30 heavy (non-hydrogen) atoms. The van der Waals surface area contributed by atoms with Crippen molar-refractivity contribution in [3.05, 3.63) is 95.6 Å². The minimum atomic E-state index is -0.406. The third-order valence-electron chi connectivity index (χ3n) is 5.09. The van der Waals surface area contributed by atoms with E-state index in [0.29, 0.717) is 0 Å². The summed E-state index contributed by atoms with van der Waals surface area (Å²) in [4.78, 5) is 23.3. The number of benzene rings is 3. The van der Waals surface area contributed by atoms with Crippen LogP contribution in [-0.4, -0.2) is 22.5 Å². The Morgan fingerprint density at radius 2 is 1.03 bits per heavy atom. The molecule has 3 aromatic rings. The summed E-state index contributed by atoms with van der Waals surface area (Å²) in [5.41, 5.74) is 4.46. The molecule has 0 heterocycles. The first-order valence-electron chi connectivity index (χ1n) is 9.45. The maximum absolute atomic E-state index is 11.6. The van der Waals surface area contributed by atoms with E-state index < -0.39 is 5.41 Å². The lowest BCUT2D eigenvalue weighted by Crippen LogP contribution is -2.25. The predicted molar refractivity (Wildman–Crippen MR) is 130 cm³/mol. The van der Waals surface area contributed by atoms with E-state index in [4.69, 9.17) is 0 Å². The maximum Gasteiger partial charge on any atom is 0.235 e. The zero-order valence-electron chi connectivity index (χ0n) is 16.5. The van der Waals surface area contributed by atoms with Crippen molar-refractivity contribution >= 4 is 55.0 Å². The highest BCUT2D eigenvalue weighted by atomic mass is 79.9. The molecule has 0 radical (unpaired) electrons. The van der Waals surface area contributed by atoms with Gasteiger partial charge in [0.25, 0.3) is 0 Å². The minimum absolute atomic E-state index is 0.0883. The topological polar surface area (TPSA) is 58.2 Å². The van der Waals surface area contributed by atoms with Gasteiger partial charge < -0.3 is 10.6 Å². The lowest BCUT2D eigenvalue weighted by atomic mass is 9.71. The van der Waals surface area contributed by atoms with Crippen LogP contribution < -0.4 is 10.6 Å². The summed E-state index contributed by atoms with van der Waals surface area (Å²) in [5.74, 6) is -0.177. The largest absolute Gasteiger partial charge is 0.325 e. The Morgan fingerprint density at radius 3 is 1.40 bits per heavy atom. The summed E-state index contributed by atoms with van der Waals surface area (Å²) in [5, 5.41) is 6.22. The summed E-state index contributed by atoms with van der Waals surface area (Å²) >= 11 is 6.33. The van der Waals surface area contributed by atoms with Crippen LogP contribution in [0.4, 0.5) is 11.4 Å². The number of carbonyl (C=O) groups excluding carboxylic acids is 2. The van der Waals surface area contributed by atoms with Crippen molar-refractivity contribution < 1.29 is 9.59 Å². The Kier molecular flexibility index (Phi) is 7.45. The van der Waals surface area contributed by atoms with Gasteiger partial charge >= 0.3 is 0 Å². The predicted octanol–water partition coefficient (Wildman–Crippen LogP) is 5.71. The highest BCUT2D eigenvalue weighted by molar-refractivity contribution is 9.09. The van der Waals surface area contributed by atoms with Crippen molar-refractivity contribution in [2.24, 2.45) is 0 Å². The van der Waals surface area contributed by atoms with E-state index in [-0.39, 0.29) is 22.5 Å². The summed E-state index contributed by atoms with van der Waals surface area (Å²) in [6, 6.07) is 26.1. The molecule has 154 valence electrons. The van der Waals surface area contributed by atoms with E-state index in [1.807, 2.05) is 66.7 Å². The molecule has 6 heteroatoms. The molecular weight excluding hydrogens is 508 g/mol. The molecule has 0 saturated heterocycles. The molecule has 0 saturated carbocycles. The molecule has 2 N–H and O–H groups in total. The third-order valence-corrected chi connectivity index (χ3v) is 6.10. The zero-order chi connectivity index (χ0) is 21.6. The highest BCUT2D eigenvalue weighted by Gasteiger charge is 2.31. The Balaban J connectivity index is 2.00. The number of rotatable bonds is 7. The highest BCUT2D eigenvalue weighted by Crippen LogP contribution is 2.39. The molecule has 0 atom stereocenters. The second-order valence-electron chi connectivity index (χ2n) is 7.01. The fourth-order valence-corrected chi connectivity index (χ4v) is 3.71. The second kappa shape index (κ2) is 10.0. The van der Waals surface area contributed by atoms with E-state index in [1.54, 1.807) is 0 Å². The van der Waals surface area contributed by atoms with Crippen LogP contribution in [0, 0.1) is 0 Å². The average molecular weight is 530 g/mol. The molecule has 0 aliphatic rings. The van der Waals surface area contributed by atoms with Crippen LogP contribution in [0.1, 0.15) is 23.6 Å². The lowest BCUT2D eigenvalue weighted by molar-refractivity contribution is -0.114. The van der Waals surface area contributed by atoms with Gasteiger partial charge in [-0.1, -0.05) is 86.5 Å². The summed E-state index contributed by atoms with van der Waals surface area (Å²) < 4.78 is 0. The smallest absolute Gasteiger partial charge is 0.235 e. The van der Waals surface area contributed by atoms with E-state index in [0.717, 1.165) is 28.1 Å². The molecule has 0 fully saturated rings. The van der Waals surface area contributed by atoms with Gasteiger partial charge in [0.1, 0.15) is 0 Å². The van der Waals surface area contributed by atoms with Crippen molar-refractivity contribution in [3.8, 4) is 0 Å². The van der Waals surface area contributed by atoms with E-state index in [1.165, 1.54) is 0 Å². The second-order valence-corrected chi connectivity index (χ2v) is 8.13. The number of alkyl halides is 2. The summed E-state index contributed by atoms with van der Waals surface area (Å²) in [6.45, 7) is 2.18. The van der Waals surface area contributed by atoms with Crippen molar-refractivity contribution in [2.75, 3.05) is 21.3 Å². The Labute approximate surface area is 193 Å². The van der Waals surface area contributed by atoms with Crippen molar-refractivity contribution in [1.82, 2.24) is 0 Å². The first-order valence-corrected chi connectivity index (χ1v) is 11.7. The molecule has 4 nitrogen and oxygen atoms in total. The quantitative estimate of drug-likeness (QED) is 0.304. The standard InChI is InChI=1S/C24H22Br2N2O2/c1-24(17-5-3-2-4-6-17,18-7-11-20(12-8-18)27-22(29)15-25)19-9-13-21(14-10-19)28-23(30)16-26/h2-14H,15-16H2,1H3,(H,27,29)(H,28,30). The van der Waals surface area contributed by atoms with Crippen LogP contribution in [-0.2, 0) is 15.0 Å². The van der Waals surface area contributed by atoms with Crippen LogP contribution >= 0.6 is 31.9 Å². The number of nitrogens with one attached hydrogen (secondary N) is 2. The van der Waals surface area contributed by atoms with Gasteiger partial charge in [-0.25, -0.2) is 0 Å². The molecule has 0 aromatic heterocycles. The van der Waals surface area contributed by atoms with Gasteiger partial charge in [0.05, 0.1) is 10.7 Å². The molecule has 3 rings (SSSR count). The van der Waals surface area contributed by atoms with Gasteiger partial charge in [0.15, 0.2) is 0 Å². The van der Waals surface area contributed by atoms with Crippen molar-refractivity contribution in [2.45, 2.75) is 12.3 Å². The Morgan fingerprint density at radius 1 is 0.667 bits per heavy atom. The number of hydrogen-bond acceptors (Lipinski definition) is 2. The fourth-order valence-electron chi connectivity index (χ4n) is 3.43. The summed E-state index contributed by atoms with van der Waals surface area (Å²) in [7, 11) is 0. The monoisotopic (exact) mass is 528 g/mol. The van der Waals surface area contributed by atoms with Crippen LogP contribution in [0.3, 0.4) is 0 Å². The first kappa shape index (κ1) is 22.2. The van der Waals surface area contributed by atoms with Crippen molar-refractivity contribution in [3.63, 3.8) is 0 Å². The van der Waals surface area contributed by atoms with Crippen LogP contribution in [0.5, 0.6) is 0 Å². The molecule has 0 unspecified atom stereocenters. The van der Waals surface area contributed by atoms with Gasteiger partial charge in [-0.15, -0.1) is 0 Å². The Hall–Kier alpha value is -2.44. The van der Waals surface area contributed by atoms with E-state index in [2.05, 4.69) is 61.5 Å². The summed E-state index contributed by atoms with van der Waals surface area (Å²) in [6.07, 6.45) is 0. The normalized spacial score (nSPS) is 11.0. The molecule has 3 aromatic carbocycles. The zero-order valence-corrected chi connectivity index (χ0v) is 19.7. The number of carbonyl (C=O) groups is 2. The van der Waals surface area contributed by atoms with Crippen LogP contribution in [0.25, 0.3) is 0 Å². The molecule has 2 amide bonds. The molecule has 0 spiro atoms. The maximum atomic E-state index is 11.6. The molecular formula is C24H22Br2N2O2. The SMILES string of the molecule is CC(c1ccccc1)(c1ccc(NC(=O)CBr)cc1)c1ccc(NC(=O)CBr)cc1. The third kappa shape index (κ3) is 4.99. The number of amides is 2. The van der Waals surface area contributed by atoms with Crippen LogP contribution in [0.15, 0.2) is 78.9 Å². The Bertz CT molecular complexity index is 942. The van der Waals surface area contributed by atoms with Crippen LogP contribution in [0.2, 0.25) is 0 Å². The first-order chi connectivity index (χ1) is 14.5. The van der Waals surface area contributed by atoms with Crippen molar-refractivity contribution in [1.29, 1.82) is 0 Å². The molecule has 0 aliphatic carbocycles. The minimum Gasteiger partial charge on any atom is -0.325 e. The van der Waals surface area contributed by atoms with Gasteiger partial charge in [-0.3, -0.25) is 9.59 Å². The average Bonchev–Trinajstić information content (AvgIpc) is 2.80. The van der Waals surface area contributed by atoms with Gasteiger partial charge in [0.2, 0.25) is 11.8 Å². The number of anilines is 2. The number of halogens is 2. The lowest BCUT2D eigenvalue weighted by Gasteiger charge is -2.32. The van der Waals surface area contributed by atoms with E-state index in [9.17, 15) is 9.59 Å². The fraction of sp³-hybridized carbons (Fsp3) is 0.167.